The number of primary amides is 1. The Morgan fingerprint density at radius 2 is 1.83 bits per heavy atom. The number of fused-ring (bicyclic) bond motifs is 1. The number of nitrogens with zero attached hydrogens (tertiary/aromatic N) is 5. The van der Waals surface area contributed by atoms with Crippen molar-refractivity contribution in [2.75, 3.05) is 18.8 Å². The summed E-state index contributed by atoms with van der Waals surface area (Å²) in [6.45, 7) is 0.821. The van der Waals surface area contributed by atoms with Gasteiger partial charge in [-0.2, -0.15) is 5.10 Å². The molecule has 0 unspecified atom stereocenters. The number of allylic oxidation sites excluding steroid dienone is 1. The molecule has 1 aliphatic carbocycles. The molecule has 1 saturated carbocycles. The SMILES string of the molecule is NC(=O)/C(=C\C1CC1)C(=O)N1CCC[C@@H](n2nc(-c3ccc(Oc4cc(F)ccc4F)cc3)c3c(N)ncnc32)C1. The number of halogens is 2. The minimum absolute atomic E-state index is 0.0335. The Morgan fingerprint density at radius 3 is 2.56 bits per heavy atom. The van der Waals surface area contributed by atoms with Crippen molar-refractivity contribution in [1.29, 1.82) is 0 Å². The van der Waals surface area contributed by atoms with Crippen LogP contribution in [0.25, 0.3) is 22.3 Å². The molecule has 41 heavy (non-hydrogen) atoms. The van der Waals surface area contributed by atoms with E-state index in [4.69, 9.17) is 21.3 Å². The number of aromatic nitrogens is 4. The van der Waals surface area contributed by atoms with Gasteiger partial charge in [-0.1, -0.05) is 6.08 Å². The molecule has 6 rings (SSSR count). The Labute approximate surface area is 233 Å². The number of hydrogen-bond acceptors (Lipinski definition) is 7. The van der Waals surface area contributed by atoms with Gasteiger partial charge < -0.3 is 21.1 Å². The average Bonchev–Trinajstić information content (AvgIpc) is 3.71. The molecule has 4 aromatic rings. The smallest absolute Gasteiger partial charge is 0.259 e. The van der Waals surface area contributed by atoms with Crippen LogP contribution in [-0.2, 0) is 9.59 Å². The molecule has 1 atom stereocenters. The Hall–Kier alpha value is -4.87. The summed E-state index contributed by atoms with van der Waals surface area (Å²) in [7, 11) is 0. The Balaban J connectivity index is 1.30. The molecule has 0 spiro atoms. The van der Waals surface area contributed by atoms with Crippen LogP contribution in [0.15, 0.2) is 60.4 Å². The van der Waals surface area contributed by atoms with Gasteiger partial charge in [0.25, 0.3) is 11.8 Å². The van der Waals surface area contributed by atoms with Gasteiger partial charge in [0.1, 0.15) is 35.0 Å². The van der Waals surface area contributed by atoms with Crippen LogP contribution in [0.2, 0.25) is 0 Å². The number of hydrogen-bond donors (Lipinski definition) is 2. The average molecular weight is 560 g/mol. The van der Waals surface area contributed by atoms with E-state index in [1.54, 1.807) is 39.9 Å². The highest BCUT2D eigenvalue weighted by atomic mass is 19.1. The van der Waals surface area contributed by atoms with Crippen LogP contribution >= 0.6 is 0 Å². The highest BCUT2D eigenvalue weighted by Gasteiger charge is 2.32. The highest BCUT2D eigenvalue weighted by Crippen LogP contribution is 2.36. The number of nitrogens with two attached hydrogens (primary N) is 2. The number of rotatable bonds is 7. The molecule has 4 N–H and O–H groups in total. The molecule has 1 aliphatic heterocycles. The summed E-state index contributed by atoms with van der Waals surface area (Å²) in [6.07, 6.45) is 6.38. The lowest BCUT2D eigenvalue weighted by molar-refractivity contribution is -0.131. The lowest BCUT2D eigenvalue weighted by Crippen LogP contribution is -2.43. The fourth-order valence-corrected chi connectivity index (χ4v) is 5.08. The van der Waals surface area contributed by atoms with Crippen LogP contribution in [0.4, 0.5) is 14.6 Å². The summed E-state index contributed by atoms with van der Waals surface area (Å²) in [5.74, 6) is -1.84. The first-order valence-corrected chi connectivity index (χ1v) is 13.3. The van der Waals surface area contributed by atoms with Crippen molar-refractivity contribution in [2.24, 2.45) is 11.7 Å². The van der Waals surface area contributed by atoms with Gasteiger partial charge in [0.15, 0.2) is 17.2 Å². The molecule has 0 bridgehead atoms. The first-order chi connectivity index (χ1) is 19.8. The summed E-state index contributed by atoms with van der Waals surface area (Å²) in [6, 6.07) is 9.44. The summed E-state index contributed by atoms with van der Waals surface area (Å²) >= 11 is 0. The second kappa shape index (κ2) is 10.6. The Morgan fingerprint density at radius 1 is 1.05 bits per heavy atom. The van der Waals surface area contributed by atoms with E-state index in [0.29, 0.717) is 47.6 Å². The maximum absolute atomic E-state index is 14.0. The molecule has 2 aliphatic rings. The number of nitrogen functional groups attached to an aromatic ring is 1. The molecule has 3 heterocycles. The van der Waals surface area contributed by atoms with Gasteiger partial charge in [-0.25, -0.2) is 23.4 Å². The maximum atomic E-state index is 14.0. The van der Waals surface area contributed by atoms with Crippen LogP contribution in [0, 0.1) is 17.6 Å². The molecule has 1 saturated heterocycles. The first-order valence-electron chi connectivity index (χ1n) is 13.3. The number of amides is 2. The lowest BCUT2D eigenvalue weighted by Gasteiger charge is -2.33. The van der Waals surface area contributed by atoms with E-state index >= 15 is 0 Å². The van der Waals surface area contributed by atoms with Gasteiger partial charge in [0.2, 0.25) is 0 Å². The predicted octanol–water partition coefficient (Wildman–Crippen LogP) is 4.13. The normalized spacial score (nSPS) is 17.6. The monoisotopic (exact) mass is 559 g/mol. The van der Waals surface area contributed by atoms with Crippen molar-refractivity contribution in [3.63, 3.8) is 0 Å². The van der Waals surface area contributed by atoms with E-state index in [1.807, 2.05) is 0 Å². The predicted molar refractivity (Wildman–Crippen MR) is 146 cm³/mol. The molecule has 0 radical (unpaired) electrons. The molecule has 210 valence electrons. The van der Waals surface area contributed by atoms with Gasteiger partial charge in [0.05, 0.1) is 11.4 Å². The van der Waals surface area contributed by atoms with E-state index in [0.717, 1.165) is 37.5 Å². The molecule has 2 fully saturated rings. The van der Waals surface area contributed by atoms with Gasteiger partial charge in [-0.05, 0) is 68.0 Å². The quantitative estimate of drug-likeness (QED) is 0.197. The van der Waals surface area contributed by atoms with E-state index in [-0.39, 0.29) is 35.0 Å². The third kappa shape index (κ3) is 5.32. The molecular formula is C29H27F2N7O3. The topological polar surface area (TPSA) is 142 Å². The van der Waals surface area contributed by atoms with Crippen molar-refractivity contribution in [1.82, 2.24) is 24.6 Å². The summed E-state index contributed by atoms with van der Waals surface area (Å²) in [5.41, 5.74) is 13.6. The molecule has 2 aromatic heterocycles. The largest absolute Gasteiger partial charge is 0.454 e. The van der Waals surface area contributed by atoms with Crippen molar-refractivity contribution in [3.05, 3.63) is 72.1 Å². The number of anilines is 1. The van der Waals surface area contributed by atoms with Crippen molar-refractivity contribution >= 4 is 28.7 Å². The van der Waals surface area contributed by atoms with Crippen LogP contribution in [0.3, 0.4) is 0 Å². The summed E-state index contributed by atoms with van der Waals surface area (Å²) in [5, 5.41) is 5.40. The fourth-order valence-electron chi connectivity index (χ4n) is 5.08. The first kappa shape index (κ1) is 26.4. The summed E-state index contributed by atoms with van der Waals surface area (Å²) in [4.78, 5) is 35.5. The van der Waals surface area contributed by atoms with Crippen LogP contribution in [-0.4, -0.2) is 49.6 Å². The molecule has 12 heteroatoms. The number of benzene rings is 2. The van der Waals surface area contributed by atoms with E-state index in [9.17, 15) is 18.4 Å². The number of piperidine rings is 1. The third-order valence-corrected chi connectivity index (χ3v) is 7.32. The second-order valence-electron chi connectivity index (χ2n) is 10.3. The zero-order valence-electron chi connectivity index (χ0n) is 22.0. The van der Waals surface area contributed by atoms with Gasteiger partial charge in [-0.15, -0.1) is 0 Å². The Bertz CT molecular complexity index is 1680. The zero-order chi connectivity index (χ0) is 28.7. The number of ether oxygens (including phenoxy) is 1. The van der Waals surface area contributed by atoms with Crippen LogP contribution < -0.4 is 16.2 Å². The van der Waals surface area contributed by atoms with Crippen molar-refractivity contribution < 1.29 is 23.1 Å². The van der Waals surface area contributed by atoms with Gasteiger partial charge in [-0.3, -0.25) is 9.59 Å². The number of carbonyl (C=O) groups excluding carboxylic acids is 2. The van der Waals surface area contributed by atoms with E-state index in [2.05, 4.69) is 9.97 Å². The van der Waals surface area contributed by atoms with Crippen molar-refractivity contribution in [3.8, 4) is 22.8 Å². The molecule has 2 amide bonds. The van der Waals surface area contributed by atoms with E-state index in [1.165, 1.54) is 6.33 Å². The number of carbonyl (C=O) groups is 2. The minimum Gasteiger partial charge on any atom is -0.454 e. The van der Waals surface area contributed by atoms with Crippen LogP contribution in [0.5, 0.6) is 11.5 Å². The lowest BCUT2D eigenvalue weighted by atomic mass is 10.0. The maximum Gasteiger partial charge on any atom is 0.259 e. The van der Waals surface area contributed by atoms with Gasteiger partial charge in [0, 0.05) is 24.7 Å². The summed E-state index contributed by atoms with van der Waals surface area (Å²) < 4.78 is 34.9. The highest BCUT2D eigenvalue weighted by molar-refractivity contribution is 6.17. The standard InChI is InChI=1S/C29H27F2N7O3/c30-18-7-10-22(31)23(13-18)41-20-8-5-17(6-9-20)25-24-26(32)34-15-35-28(24)38(36-25)19-2-1-11-37(14-19)29(40)21(27(33)39)12-16-3-4-16/h5-10,12-13,15-16,19H,1-4,11,14H2,(H2,33,39)(H2,32,34,35)/b21-12+/t19-/m1/s1. The minimum atomic E-state index is -0.719. The molecule has 10 nitrogen and oxygen atoms in total. The van der Waals surface area contributed by atoms with Gasteiger partial charge >= 0.3 is 0 Å². The van der Waals surface area contributed by atoms with Crippen molar-refractivity contribution in [2.45, 2.75) is 31.7 Å². The Kier molecular flexibility index (Phi) is 6.82. The zero-order valence-corrected chi connectivity index (χ0v) is 22.0. The molecule has 2 aromatic carbocycles. The second-order valence-corrected chi connectivity index (χ2v) is 10.3. The number of likely N-dealkylation sites (tertiary alicyclic amines) is 1. The third-order valence-electron chi connectivity index (χ3n) is 7.32. The fraction of sp³-hybridized carbons (Fsp3) is 0.276. The van der Waals surface area contributed by atoms with Crippen LogP contribution in [0.1, 0.15) is 31.7 Å². The molecular weight excluding hydrogens is 532 g/mol. The van der Waals surface area contributed by atoms with E-state index < -0.39 is 17.5 Å².